The predicted octanol–water partition coefficient (Wildman–Crippen LogP) is 1.64. The van der Waals surface area contributed by atoms with Crippen LogP contribution in [0.1, 0.15) is 6.42 Å². The number of nitrogens with zero attached hydrogens (tertiary/aromatic N) is 2. The van der Waals surface area contributed by atoms with Crippen LogP contribution in [0.15, 0.2) is 24.3 Å². The molecule has 0 bridgehead atoms. The van der Waals surface area contributed by atoms with Crippen LogP contribution in [-0.2, 0) is 9.59 Å². The van der Waals surface area contributed by atoms with Crippen molar-refractivity contribution in [3.8, 4) is 0 Å². The third-order valence-electron chi connectivity index (χ3n) is 4.39. The monoisotopic (exact) mass is 396 g/mol. The van der Waals surface area contributed by atoms with Gasteiger partial charge in [0.05, 0.1) is 17.3 Å². The van der Waals surface area contributed by atoms with Crippen molar-refractivity contribution in [2.75, 3.05) is 43.8 Å². The molecule has 2 heterocycles. The summed E-state index contributed by atoms with van der Waals surface area (Å²) in [5, 5.41) is 5.87. The van der Waals surface area contributed by atoms with Gasteiger partial charge in [-0.25, -0.2) is 0 Å². The Morgan fingerprint density at radius 3 is 2.77 bits per heavy atom. The number of hydrogen-bond acceptors (Lipinski definition) is 5. The van der Waals surface area contributed by atoms with E-state index < -0.39 is 6.04 Å². The summed E-state index contributed by atoms with van der Waals surface area (Å²) in [6.07, 6.45) is 0.791. The fourth-order valence-electron chi connectivity index (χ4n) is 3.04. The van der Waals surface area contributed by atoms with E-state index in [4.69, 9.17) is 11.6 Å². The van der Waals surface area contributed by atoms with E-state index in [1.807, 2.05) is 17.0 Å². The lowest BCUT2D eigenvalue weighted by Crippen LogP contribution is -2.47. The average molecular weight is 397 g/mol. The minimum absolute atomic E-state index is 0.0364. The van der Waals surface area contributed by atoms with E-state index >= 15 is 0 Å². The van der Waals surface area contributed by atoms with E-state index in [0.29, 0.717) is 36.1 Å². The van der Waals surface area contributed by atoms with Crippen molar-refractivity contribution in [3.63, 3.8) is 0 Å². The Morgan fingerprint density at radius 2 is 2.04 bits per heavy atom. The molecular formula is C17H21ClN4O3S. The van der Waals surface area contributed by atoms with Gasteiger partial charge in [-0.3, -0.25) is 19.3 Å². The van der Waals surface area contributed by atoms with Gasteiger partial charge in [0.1, 0.15) is 6.04 Å². The number of thioether (sulfide) groups is 1. The highest BCUT2D eigenvalue weighted by Gasteiger charge is 2.32. The number of benzene rings is 1. The highest BCUT2D eigenvalue weighted by Crippen LogP contribution is 2.20. The fourth-order valence-corrected chi connectivity index (χ4v) is 4.00. The van der Waals surface area contributed by atoms with Crippen molar-refractivity contribution >= 4 is 46.1 Å². The summed E-state index contributed by atoms with van der Waals surface area (Å²) < 4.78 is 0. The van der Waals surface area contributed by atoms with Gasteiger partial charge in [0.15, 0.2) is 0 Å². The van der Waals surface area contributed by atoms with E-state index in [1.165, 1.54) is 0 Å². The molecule has 2 fully saturated rings. The Balaban J connectivity index is 1.49. The van der Waals surface area contributed by atoms with E-state index in [0.717, 1.165) is 24.7 Å². The van der Waals surface area contributed by atoms with Crippen LogP contribution in [0.5, 0.6) is 0 Å². The minimum atomic E-state index is -0.428. The summed E-state index contributed by atoms with van der Waals surface area (Å²) in [5.74, 6) is 0.320. The summed E-state index contributed by atoms with van der Waals surface area (Å²) in [6, 6.07) is 6.69. The molecule has 1 aromatic carbocycles. The second-order valence-corrected chi connectivity index (χ2v) is 7.68. The van der Waals surface area contributed by atoms with Gasteiger partial charge >= 0.3 is 0 Å². The number of carbonyl (C=O) groups is 3. The summed E-state index contributed by atoms with van der Waals surface area (Å²) in [4.78, 5) is 39.8. The average Bonchev–Trinajstić information content (AvgIpc) is 2.92. The number of hydrogen-bond donors (Lipinski definition) is 2. The van der Waals surface area contributed by atoms with E-state index in [9.17, 15) is 14.4 Å². The summed E-state index contributed by atoms with van der Waals surface area (Å²) in [6.45, 7) is 2.80. The normalized spacial score (nSPS) is 21.2. The number of para-hydroxylation sites is 1. The molecule has 0 spiro atoms. The number of nitrogens with one attached hydrogen (secondary N) is 2. The zero-order chi connectivity index (χ0) is 18.5. The van der Waals surface area contributed by atoms with Crippen LogP contribution in [0.4, 0.5) is 10.5 Å². The molecular weight excluding hydrogens is 376 g/mol. The number of amides is 3. The van der Waals surface area contributed by atoms with E-state index in [-0.39, 0.29) is 23.6 Å². The maximum atomic E-state index is 12.5. The van der Waals surface area contributed by atoms with Gasteiger partial charge in [0, 0.05) is 31.9 Å². The molecule has 2 N–H and O–H groups in total. The van der Waals surface area contributed by atoms with Crippen molar-refractivity contribution in [1.29, 1.82) is 0 Å². The highest BCUT2D eigenvalue weighted by molar-refractivity contribution is 8.14. The van der Waals surface area contributed by atoms with Gasteiger partial charge < -0.3 is 15.5 Å². The molecule has 140 valence electrons. The lowest BCUT2D eigenvalue weighted by atomic mass is 10.2. The Morgan fingerprint density at radius 1 is 1.23 bits per heavy atom. The first-order valence-electron chi connectivity index (χ1n) is 8.52. The third kappa shape index (κ3) is 4.90. The Labute approximate surface area is 161 Å². The Bertz CT molecular complexity index is 702. The predicted molar refractivity (Wildman–Crippen MR) is 102 cm³/mol. The van der Waals surface area contributed by atoms with Gasteiger partial charge in [-0.1, -0.05) is 35.5 Å². The number of anilines is 1. The lowest BCUT2D eigenvalue weighted by molar-refractivity contribution is -0.132. The molecule has 2 aliphatic rings. The van der Waals surface area contributed by atoms with Crippen molar-refractivity contribution in [2.45, 2.75) is 12.5 Å². The molecule has 3 amide bonds. The SMILES string of the molecule is O=C(CN1CCCN(C(=O)C2CSC(=O)N2)CC1)Nc1ccccc1Cl. The molecule has 7 nitrogen and oxygen atoms in total. The molecule has 9 heteroatoms. The standard InChI is InChI=1S/C17H21ClN4O3S/c18-12-4-1-2-5-13(12)19-15(23)10-21-6-3-7-22(9-8-21)16(24)14-11-26-17(25)20-14/h1-2,4-5,14H,3,6-11H2,(H,19,23)(H,20,25). The largest absolute Gasteiger partial charge is 0.340 e. The van der Waals surface area contributed by atoms with Crippen LogP contribution in [0.25, 0.3) is 0 Å². The second kappa shape index (κ2) is 8.75. The summed E-state index contributed by atoms with van der Waals surface area (Å²) in [7, 11) is 0. The van der Waals surface area contributed by atoms with Gasteiger partial charge in [-0.05, 0) is 18.6 Å². The highest BCUT2D eigenvalue weighted by atomic mass is 35.5. The minimum Gasteiger partial charge on any atom is -0.340 e. The molecule has 1 aromatic rings. The summed E-state index contributed by atoms with van der Waals surface area (Å²) in [5.41, 5.74) is 0.597. The van der Waals surface area contributed by atoms with Gasteiger partial charge in [0.25, 0.3) is 5.24 Å². The number of carbonyl (C=O) groups excluding carboxylic acids is 3. The van der Waals surface area contributed by atoms with Crippen molar-refractivity contribution in [1.82, 2.24) is 15.1 Å². The zero-order valence-corrected chi connectivity index (χ0v) is 15.8. The lowest BCUT2D eigenvalue weighted by Gasteiger charge is -2.24. The molecule has 0 saturated carbocycles. The third-order valence-corrected chi connectivity index (χ3v) is 5.60. The first kappa shape index (κ1) is 19.0. The molecule has 1 unspecified atom stereocenters. The Kier molecular flexibility index (Phi) is 6.39. The van der Waals surface area contributed by atoms with Crippen LogP contribution in [-0.4, -0.2) is 71.4 Å². The molecule has 0 radical (unpaired) electrons. The molecule has 3 rings (SSSR count). The number of rotatable bonds is 4. The van der Waals surface area contributed by atoms with Gasteiger partial charge in [-0.15, -0.1) is 0 Å². The van der Waals surface area contributed by atoms with Crippen LogP contribution < -0.4 is 10.6 Å². The van der Waals surface area contributed by atoms with Gasteiger partial charge in [-0.2, -0.15) is 0 Å². The summed E-state index contributed by atoms with van der Waals surface area (Å²) >= 11 is 7.20. The van der Waals surface area contributed by atoms with Crippen LogP contribution in [0.2, 0.25) is 5.02 Å². The zero-order valence-electron chi connectivity index (χ0n) is 14.2. The maximum absolute atomic E-state index is 12.5. The quantitative estimate of drug-likeness (QED) is 0.808. The first-order valence-corrected chi connectivity index (χ1v) is 9.88. The first-order chi connectivity index (χ1) is 12.5. The maximum Gasteiger partial charge on any atom is 0.279 e. The van der Waals surface area contributed by atoms with Crippen LogP contribution >= 0.6 is 23.4 Å². The fraction of sp³-hybridized carbons (Fsp3) is 0.471. The molecule has 26 heavy (non-hydrogen) atoms. The second-order valence-electron chi connectivity index (χ2n) is 6.28. The topological polar surface area (TPSA) is 81.8 Å². The van der Waals surface area contributed by atoms with Crippen molar-refractivity contribution in [3.05, 3.63) is 29.3 Å². The smallest absolute Gasteiger partial charge is 0.279 e. The van der Waals surface area contributed by atoms with Crippen molar-refractivity contribution in [2.24, 2.45) is 0 Å². The van der Waals surface area contributed by atoms with Crippen LogP contribution in [0, 0.1) is 0 Å². The van der Waals surface area contributed by atoms with Crippen LogP contribution in [0.3, 0.4) is 0 Å². The van der Waals surface area contributed by atoms with Gasteiger partial charge in [0.2, 0.25) is 11.8 Å². The number of halogens is 1. The molecule has 0 aliphatic carbocycles. The molecule has 2 aliphatic heterocycles. The van der Waals surface area contributed by atoms with E-state index in [2.05, 4.69) is 10.6 Å². The Hall–Kier alpha value is -1.77. The molecule has 2 saturated heterocycles. The molecule has 1 atom stereocenters. The van der Waals surface area contributed by atoms with Crippen molar-refractivity contribution < 1.29 is 14.4 Å². The molecule has 0 aromatic heterocycles. The van der Waals surface area contributed by atoms with E-state index in [1.54, 1.807) is 17.0 Å².